The van der Waals surface area contributed by atoms with Crippen LogP contribution in [0, 0.1) is 0 Å². The van der Waals surface area contributed by atoms with Gasteiger partial charge in [0.05, 0.1) is 12.8 Å². The summed E-state index contributed by atoms with van der Waals surface area (Å²) in [5.74, 6) is 0.599. The Morgan fingerprint density at radius 3 is 2.30 bits per heavy atom. The van der Waals surface area contributed by atoms with Gasteiger partial charge in [0.15, 0.2) is 6.23 Å². The minimum atomic E-state index is -0.828. The van der Waals surface area contributed by atoms with E-state index in [0.29, 0.717) is 12.1 Å². The molecule has 3 rings (SSSR count). The Labute approximate surface area is 184 Å². The van der Waals surface area contributed by atoms with E-state index >= 15 is 0 Å². The molecule has 1 aliphatic rings. The van der Waals surface area contributed by atoms with Gasteiger partial charge in [-0.3, -0.25) is 9.69 Å². The number of amides is 1. The van der Waals surface area contributed by atoms with Crippen LogP contribution in [0.4, 0.5) is 5.69 Å². The summed E-state index contributed by atoms with van der Waals surface area (Å²) in [6.45, 7) is 3.70. The molecule has 0 aliphatic carbocycles. The van der Waals surface area contributed by atoms with Gasteiger partial charge in [0.2, 0.25) is 0 Å². The molecule has 8 heteroatoms. The Morgan fingerprint density at radius 2 is 1.67 bits per heavy atom. The fourth-order valence-corrected chi connectivity index (χ4v) is 3.54. The van der Waals surface area contributed by atoms with Crippen molar-refractivity contribution in [3.8, 4) is 5.75 Å². The zero-order chi connectivity index (χ0) is 20.6. The quantitative estimate of drug-likeness (QED) is 0.618. The predicted octanol–water partition coefficient (Wildman–Crippen LogP) is 2.00. The van der Waals surface area contributed by atoms with Gasteiger partial charge in [0.1, 0.15) is 11.9 Å². The predicted molar refractivity (Wildman–Crippen MR) is 120 cm³/mol. The third-order valence-electron chi connectivity index (χ3n) is 5.16. The molecule has 1 saturated heterocycles. The fraction of sp³-hybridized carbons (Fsp3) is 0.409. The first kappa shape index (κ1) is 24.0. The number of carbonyl (C=O) groups is 1. The molecule has 0 radical (unpaired) electrons. The van der Waals surface area contributed by atoms with Crippen molar-refractivity contribution in [1.82, 2.24) is 10.2 Å². The standard InChI is InChI=1S/C22H29N3O4.ClH/c1-28-20-11-7-6-10-18(20)25-14-12-24(13-15-25)16-19(26)22(29-2)23-21(27)17-8-4-3-5-9-17;/h3-11,19,22,26H,12-16H2,1-2H3,(H,23,27);1H. The van der Waals surface area contributed by atoms with Gasteiger partial charge in [0, 0.05) is 45.4 Å². The van der Waals surface area contributed by atoms with E-state index in [9.17, 15) is 9.90 Å². The molecule has 0 saturated carbocycles. The number of methoxy groups -OCH3 is 2. The first-order chi connectivity index (χ1) is 14.1. The second-order valence-electron chi connectivity index (χ2n) is 7.02. The number of ether oxygens (including phenoxy) is 2. The SMILES string of the molecule is COc1ccccc1N1CCN(CC(O)C(NC(=O)c2ccccc2)OC)CC1.Cl. The molecule has 2 aromatic carbocycles. The van der Waals surface area contributed by atoms with Crippen LogP contribution in [-0.2, 0) is 4.74 Å². The average Bonchev–Trinajstić information content (AvgIpc) is 2.78. The molecule has 7 nitrogen and oxygen atoms in total. The van der Waals surface area contributed by atoms with Crippen molar-refractivity contribution in [2.24, 2.45) is 0 Å². The van der Waals surface area contributed by atoms with Gasteiger partial charge in [-0.1, -0.05) is 30.3 Å². The van der Waals surface area contributed by atoms with Gasteiger partial charge in [-0.2, -0.15) is 0 Å². The van der Waals surface area contributed by atoms with Gasteiger partial charge in [-0.05, 0) is 24.3 Å². The second-order valence-corrected chi connectivity index (χ2v) is 7.02. The Balaban J connectivity index is 0.00000320. The van der Waals surface area contributed by atoms with E-state index in [4.69, 9.17) is 9.47 Å². The maximum absolute atomic E-state index is 12.3. The van der Waals surface area contributed by atoms with E-state index in [2.05, 4.69) is 21.2 Å². The van der Waals surface area contributed by atoms with E-state index in [-0.39, 0.29) is 18.3 Å². The van der Waals surface area contributed by atoms with Gasteiger partial charge >= 0.3 is 0 Å². The number of para-hydroxylation sites is 2. The lowest BCUT2D eigenvalue weighted by Gasteiger charge is -2.38. The number of hydrogen-bond donors (Lipinski definition) is 2. The molecule has 0 spiro atoms. The molecule has 2 unspecified atom stereocenters. The Kier molecular flexibility index (Phi) is 9.39. The fourth-order valence-electron chi connectivity index (χ4n) is 3.54. The number of aliphatic hydroxyl groups excluding tert-OH is 1. The van der Waals surface area contributed by atoms with E-state index in [1.165, 1.54) is 7.11 Å². The highest BCUT2D eigenvalue weighted by atomic mass is 35.5. The van der Waals surface area contributed by atoms with Crippen LogP contribution in [0.5, 0.6) is 5.75 Å². The van der Waals surface area contributed by atoms with Crippen molar-refractivity contribution in [3.05, 3.63) is 60.2 Å². The molecular formula is C22H30ClN3O4. The van der Waals surface area contributed by atoms with Crippen molar-refractivity contribution in [1.29, 1.82) is 0 Å². The molecule has 1 heterocycles. The smallest absolute Gasteiger partial charge is 0.253 e. The average molecular weight is 436 g/mol. The topological polar surface area (TPSA) is 74.3 Å². The van der Waals surface area contributed by atoms with E-state index < -0.39 is 12.3 Å². The molecule has 2 N–H and O–H groups in total. The van der Waals surface area contributed by atoms with Crippen LogP contribution >= 0.6 is 12.4 Å². The van der Waals surface area contributed by atoms with Crippen LogP contribution in [0.1, 0.15) is 10.4 Å². The highest BCUT2D eigenvalue weighted by molar-refractivity contribution is 5.94. The first-order valence-corrected chi connectivity index (χ1v) is 9.79. The van der Waals surface area contributed by atoms with Gasteiger partial charge in [-0.25, -0.2) is 0 Å². The summed E-state index contributed by atoms with van der Waals surface area (Å²) in [7, 11) is 3.17. The summed E-state index contributed by atoms with van der Waals surface area (Å²) in [5, 5.41) is 13.4. The van der Waals surface area contributed by atoms with Crippen LogP contribution in [0.3, 0.4) is 0 Å². The minimum Gasteiger partial charge on any atom is -0.495 e. The lowest BCUT2D eigenvalue weighted by Crippen LogP contribution is -2.53. The third kappa shape index (κ3) is 6.09. The number of nitrogens with zero attached hydrogens (tertiary/aromatic N) is 2. The molecule has 1 fully saturated rings. The summed E-state index contributed by atoms with van der Waals surface area (Å²) in [4.78, 5) is 16.8. The summed E-state index contributed by atoms with van der Waals surface area (Å²) in [6.07, 6.45) is -1.60. The largest absolute Gasteiger partial charge is 0.495 e. The number of anilines is 1. The van der Waals surface area contributed by atoms with Gasteiger partial charge < -0.3 is 24.8 Å². The first-order valence-electron chi connectivity index (χ1n) is 9.79. The Hall–Kier alpha value is -2.32. The van der Waals surface area contributed by atoms with Crippen LogP contribution in [0.2, 0.25) is 0 Å². The van der Waals surface area contributed by atoms with Gasteiger partial charge in [0.25, 0.3) is 5.91 Å². The number of β-amino-alcohol motifs (C(OH)–C–C–N with tert-alkyl or cyclic N) is 1. The number of benzene rings is 2. The molecular weight excluding hydrogens is 406 g/mol. The summed E-state index contributed by atoms with van der Waals surface area (Å²) < 4.78 is 10.8. The van der Waals surface area contributed by atoms with Crippen molar-refractivity contribution < 1.29 is 19.4 Å². The molecule has 2 aromatic rings. The van der Waals surface area contributed by atoms with Crippen molar-refractivity contribution >= 4 is 24.0 Å². The maximum atomic E-state index is 12.3. The van der Waals surface area contributed by atoms with E-state index in [1.807, 2.05) is 24.3 Å². The molecule has 1 aliphatic heterocycles. The number of nitrogens with one attached hydrogen (secondary N) is 1. The second kappa shape index (κ2) is 11.8. The normalized spacial score (nSPS) is 16.3. The Morgan fingerprint density at radius 1 is 1.03 bits per heavy atom. The maximum Gasteiger partial charge on any atom is 0.253 e. The Bertz CT molecular complexity index is 785. The molecule has 164 valence electrons. The third-order valence-corrected chi connectivity index (χ3v) is 5.16. The zero-order valence-electron chi connectivity index (χ0n) is 17.4. The van der Waals surface area contributed by atoms with E-state index in [1.54, 1.807) is 31.4 Å². The highest BCUT2D eigenvalue weighted by Gasteiger charge is 2.26. The number of aliphatic hydroxyl groups is 1. The zero-order valence-corrected chi connectivity index (χ0v) is 18.2. The van der Waals surface area contributed by atoms with E-state index in [0.717, 1.165) is 37.6 Å². The van der Waals surface area contributed by atoms with Crippen molar-refractivity contribution in [3.63, 3.8) is 0 Å². The molecule has 1 amide bonds. The molecule has 0 bridgehead atoms. The number of halogens is 1. The molecule has 0 aromatic heterocycles. The highest BCUT2D eigenvalue weighted by Crippen LogP contribution is 2.28. The lowest BCUT2D eigenvalue weighted by molar-refractivity contribution is -0.0417. The summed E-state index contributed by atoms with van der Waals surface area (Å²) >= 11 is 0. The van der Waals surface area contributed by atoms with Crippen LogP contribution < -0.4 is 15.0 Å². The van der Waals surface area contributed by atoms with Crippen LogP contribution in [0.25, 0.3) is 0 Å². The number of carbonyl (C=O) groups excluding carboxylic acids is 1. The number of hydrogen-bond acceptors (Lipinski definition) is 6. The monoisotopic (exact) mass is 435 g/mol. The van der Waals surface area contributed by atoms with Crippen molar-refractivity contribution in [2.75, 3.05) is 51.8 Å². The van der Waals surface area contributed by atoms with Crippen LogP contribution in [-0.4, -0.2) is 75.2 Å². The number of piperazine rings is 1. The number of rotatable bonds is 8. The molecule has 2 atom stereocenters. The lowest BCUT2D eigenvalue weighted by atomic mass is 10.2. The van der Waals surface area contributed by atoms with Gasteiger partial charge in [-0.15, -0.1) is 12.4 Å². The summed E-state index contributed by atoms with van der Waals surface area (Å²) in [6, 6.07) is 16.9. The minimum absolute atomic E-state index is 0. The van der Waals surface area contributed by atoms with Crippen molar-refractivity contribution in [2.45, 2.75) is 12.3 Å². The summed E-state index contributed by atoms with van der Waals surface area (Å²) in [5.41, 5.74) is 1.62. The van der Waals surface area contributed by atoms with Crippen LogP contribution in [0.15, 0.2) is 54.6 Å². The molecule has 30 heavy (non-hydrogen) atoms.